The SMILES string of the molecule is Cc1cc(C2CCCN2C(=O)CSc2cn(C)c3ccccc23)no1. The monoisotopic (exact) mass is 355 g/mol. The van der Waals surface area contributed by atoms with Gasteiger partial charge in [0.1, 0.15) is 11.5 Å². The number of para-hydroxylation sites is 1. The van der Waals surface area contributed by atoms with Crippen LogP contribution in [0.2, 0.25) is 0 Å². The summed E-state index contributed by atoms with van der Waals surface area (Å²) in [6.07, 6.45) is 4.07. The number of thioether (sulfide) groups is 1. The molecule has 2 aromatic heterocycles. The van der Waals surface area contributed by atoms with Gasteiger partial charge in [0.25, 0.3) is 0 Å². The second kappa shape index (κ2) is 6.59. The van der Waals surface area contributed by atoms with E-state index in [1.165, 1.54) is 10.9 Å². The zero-order chi connectivity index (χ0) is 17.4. The Kier molecular flexibility index (Phi) is 4.29. The Morgan fingerprint density at radius 3 is 3.04 bits per heavy atom. The first-order chi connectivity index (χ1) is 12.1. The van der Waals surface area contributed by atoms with E-state index in [4.69, 9.17) is 4.52 Å². The molecular weight excluding hydrogens is 334 g/mol. The van der Waals surface area contributed by atoms with Crippen molar-refractivity contribution in [1.82, 2.24) is 14.6 Å². The van der Waals surface area contributed by atoms with Crippen LogP contribution in [0.25, 0.3) is 10.9 Å². The molecule has 0 N–H and O–H groups in total. The van der Waals surface area contributed by atoms with Gasteiger partial charge < -0.3 is 14.0 Å². The maximum atomic E-state index is 12.8. The second-order valence-electron chi connectivity index (χ2n) is 6.52. The van der Waals surface area contributed by atoms with Crippen LogP contribution in [-0.4, -0.2) is 32.8 Å². The van der Waals surface area contributed by atoms with Crippen molar-refractivity contribution in [1.29, 1.82) is 0 Å². The molecule has 3 aromatic rings. The largest absolute Gasteiger partial charge is 0.361 e. The highest BCUT2D eigenvalue weighted by Crippen LogP contribution is 2.34. The van der Waals surface area contributed by atoms with Gasteiger partial charge in [-0.3, -0.25) is 4.79 Å². The van der Waals surface area contributed by atoms with Crippen molar-refractivity contribution in [3.63, 3.8) is 0 Å². The molecule has 3 heterocycles. The Morgan fingerprint density at radius 2 is 2.24 bits per heavy atom. The van der Waals surface area contributed by atoms with Gasteiger partial charge in [0.15, 0.2) is 0 Å². The number of aryl methyl sites for hydroxylation is 2. The maximum absolute atomic E-state index is 12.8. The minimum absolute atomic E-state index is 0.0538. The van der Waals surface area contributed by atoms with E-state index in [0.29, 0.717) is 5.75 Å². The molecule has 130 valence electrons. The molecule has 0 aliphatic carbocycles. The number of amides is 1. The second-order valence-corrected chi connectivity index (χ2v) is 7.53. The van der Waals surface area contributed by atoms with Gasteiger partial charge in [0.05, 0.1) is 11.8 Å². The van der Waals surface area contributed by atoms with Gasteiger partial charge in [-0.2, -0.15) is 0 Å². The third-order valence-corrected chi connectivity index (χ3v) is 5.80. The van der Waals surface area contributed by atoms with Crippen molar-refractivity contribution < 1.29 is 9.32 Å². The smallest absolute Gasteiger partial charge is 0.233 e. The minimum atomic E-state index is 0.0538. The summed E-state index contributed by atoms with van der Waals surface area (Å²) in [7, 11) is 2.04. The van der Waals surface area contributed by atoms with Crippen LogP contribution in [0, 0.1) is 6.92 Å². The normalized spacial score (nSPS) is 17.5. The molecule has 5 nitrogen and oxygen atoms in total. The van der Waals surface area contributed by atoms with Gasteiger partial charge in [-0.05, 0) is 25.8 Å². The predicted molar refractivity (Wildman–Crippen MR) is 98.6 cm³/mol. The molecular formula is C19H21N3O2S. The summed E-state index contributed by atoms with van der Waals surface area (Å²) in [6, 6.07) is 10.3. The molecule has 1 aliphatic rings. The number of benzene rings is 1. The molecule has 0 saturated carbocycles. The number of carbonyl (C=O) groups is 1. The number of aromatic nitrogens is 2. The topological polar surface area (TPSA) is 51.3 Å². The van der Waals surface area contributed by atoms with E-state index < -0.39 is 0 Å². The number of fused-ring (bicyclic) bond motifs is 1. The molecule has 1 unspecified atom stereocenters. The van der Waals surface area contributed by atoms with Crippen LogP contribution in [0.15, 0.2) is 45.9 Å². The Morgan fingerprint density at radius 1 is 1.40 bits per heavy atom. The number of carbonyl (C=O) groups excluding carboxylic acids is 1. The van der Waals surface area contributed by atoms with Gasteiger partial charge in [-0.15, -0.1) is 11.8 Å². The molecule has 25 heavy (non-hydrogen) atoms. The number of nitrogens with zero attached hydrogens (tertiary/aromatic N) is 3. The first-order valence-corrected chi connectivity index (χ1v) is 9.51. The van der Waals surface area contributed by atoms with Crippen LogP contribution in [0.1, 0.15) is 30.3 Å². The van der Waals surface area contributed by atoms with Crippen molar-refractivity contribution in [2.45, 2.75) is 30.7 Å². The fourth-order valence-corrected chi connectivity index (χ4v) is 4.56. The lowest BCUT2D eigenvalue weighted by Gasteiger charge is -2.22. The average molecular weight is 355 g/mol. The molecule has 1 fully saturated rings. The Bertz CT molecular complexity index is 914. The fourth-order valence-electron chi connectivity index (χ4n) is 3.56. The summed E-state index contributed by atoms with van der Waals surface area (Å²) in [5, 5.41) is 5.32. The van der Waals surface area contributed by atoms with Crippen LogP contribution < -0.4 is 0 Å². The first-order valence-electron chi connectivity index (χ1n) is 8.53. The molecule has 1 aromatic carbocycles. The lowest BCUT2D eigenvalue weighted by molar-refractivity contribution is -0.129. The van der Waals surface area contributed by atoms with Crippen molar-refractivity contribution in [2.75, 3.05) is 12.3 Å². The molecule has 1 saturated heterocycles. The summed E-state index contributed by atoms with van der Waals surface area (Å²) >= 11 is 1.61. The molecule has 0 bridgehead atoms. The van der Waals surface area contributed by atoms with Crippen molar-refractivity contribution >= 4 is 28.6 Å². The van der Waals surface area contributed by atoms with E-state index in [1.54, 1.807) is 11.8 Å². The van der Waals surface area contributed by atoms with E-state index in [9.17, 15) is 4.79 Å². The standard InChI is InChI=1S/C19H21N3O2S/c1-13-10-15(20-24-13)17-8-5-9-22(17)19(23)12-25-18-11-21(2)16-7-4-3-6-14(16)18/h3-4,6-7,10-11,17H,5,8-9,12H2,1-2H3. The maximum Gasteiger partial charge on any atom is 0.233 e. The predicted octanol–water partition coefficient (Wildman–Crippen LogP) is 3.93. The van der Waals surface area contributed by atoms with E-state index >= 15 is 0 Å². The Hall–Kier alpha value is -2.21. The molecule has 1 atom stereocenters. The van der Waals surface area contributed by atoms with Crippen molar-refractivity contribution in [2.24, 2.45) is 7.05 Å². The van der Waals surface area contributed by atoms with Gasteiger partial charge in [0.2, 0.25) is 5.91 Å². The third kappa shape index (κ3) is 3.06. The van der Waals surface area contributed by atoms with Crippen molar-refractivity contribution in [3.8, 4) is 0 Å². The highest BCUT2D eigenvalue weighted by Gasteiger charge is 2.31. The number of likely N-dealkylation sites (tertiary alicyclic amines) is 1. The summed E-state index contributed by atoms with van der Waals surface area (Å²) in [6.45, 7) is 2.68. The summed E-state index contributed by atoms with van der Waals surface area (Å²) in [5.74, 6) is 1.40. The highest BCUT2D eigenvalue weighted by molar-refractivity contribution is 8.00. The third-order valence-electron chi connectivity index (χ3n) is 4.77. The summed E-state index contributed by atoms with van der Waals surface area (Å²) in [4.78, 5) is 15.9. The van der Waals surface area contributed by atoms with E-state index in [1.807, 2.05) is 37.1 Å². The average Bonchev–Trinajstić information content (AvgIpc) is 3.32. The van der Waals surface area contributed by atoms with Gasteiger partial charge >= 0.3 is 0 Å². The number of hydrogen-bond donors (Lipinski definition) is 0. The summed E-state index contributed by atoms with van der Waals surface area (Å²) in [5.41, 5.74) is 2.06. The van der Waals surface area contributed by atoms with Gasteiger partial charge in [0, 0.05) is 41.7 Å². The molecule has 0 spiro atoms. The lowest BCUT2D eigenvalue weighted by Crippen LogP contribution is -2.32. The molecule has 1 amide bonds. The van der Waals surface area contributed by atoms with Crippen LogP contribution in [0.3, 0.4) is 0 Å². The van der Waals surface area contributed by atoms with Crippen LogP contribution in [0.5, 0.6) is 0 Å². The zero-order valence-electron chi connectivity index (χ0n) is 14.4. The highest BCUT2D eigenvalue weighted by atomic mass is 32.2. The van der Waals surface area contributed by atoms with Crippen molar-refractivity contribution in [3.05, 3.63) is 48.0 Å². The lowest BCUT2D eigenvalue weighted by atomic mass is 10.1. The molecule has 1 aliphatic heterocycles. The molecule has 4 rings (SSSR count). The van der Waals surface area contributed by atoms with Crippen LogP contribution >= 0.6 is 11.8 Å². The van der Waals surface area contributed by atoms with E-state index in [0.717, 1.165) is 35.7 Å². The van der Waals surface area contributed by atoms with Gasteiger partial charge in [-0.1, -0.05) is 23.4 Å². The number of hydrogen-bond acceptors (Lipinski definition) is 4. The Labute approximate surface area is 151 Å². The van der Waals surface area contributed by atoms with E-state index in [2.05, 4.69) is 28.1 Å². The zero-order valence-corrected chi connectivity index (χ0v) is 15.3. The fraction of sp³-hybridized carbons (Fsp3) is 0.368. The number of rotatable bonds is 4. The first kappa shape index (κ1) is 16.3. The van der Waals surface area contributed by atoms with Crippen LogP contribution in [0.4, 0.5) is 0 Å². The van der Waals surface area contributed by atoms with E-state index in [-0.39, 0.29) is 11.9 Å². The minimum Gasteiger partial charge on any atom is -0.361 e. The van der Waals surface area contributed by atoms with Crippen LogP contribution in [-0.2, 0) is 11.8 Å². The quantitative estimate of drug-likeness (QED) is 0.666. The Balaban J connectivity index is 1.48. The molecule has 6 heteroatoms. The molecule has 0 radical (unpaired) electrons. The summed E-state index contributed by atoms with van der Waals surface area (Å²) < 4.78 is 7.30. The van der Waals surface area contributed by atoms with Gasteiger partial charge in [-0.25, -0.2) is 0 Å².